The topological polar surface area (TPSA) is 89.7 Å². The number of carbonyl (C=O) groups excluding carboxylic acids is 2. The van der Waals surface area contributed by atoms with E-state index < -0.39 is 12.0 Å². The van der Waals surface area contributed by atoms with E-state index in [-0.39, 0.29) is 5.78 Å². The summed E-state index contributed by atoms with van der Waals surface area (Å²) in [5.74, 6) is 0.641. The highest BCUT2D eigenvalue weighted by atomic mass is 16.6. The molecular weight excluding hydrogens is 336 g/mol. The maximum atomic E-state index is 12.9. The van der Waals surface area contributed by atoms with Crippen LogP contribution in [0.5, 0.6) is 11.5 Å². The van der Waals surface area contributed by atoms with Gasteiger partial charge in [-0.2, -0.15) is 0 Å². The smallest absolute Gasteiger partial charge is 0.339 e. The van der Waals surface area contributed by atoms with Crippen LogP contribution >= 0.6 is 0 Å². The second kappa shape index (κ2) is 7.11. The van der Waals surface area contributed by atoms with E-state index in [9.17, 15) is 9.59 Å². The van der Waals surface area contributed by atoms with Crippen LogP contribution in [0.15, 0.2) is 18.2 Å². The van der Waals surface area contributed by atoms with Crippen LogP contribution in [0.4, 0.5) is 5.69 Å². The molecule has 1 atom stereocenters. The molecule has 0 bridgehead atoms. The first-order chi connectivity index (χ1) is 12.4. The molecule has 2 aromatic rings. The number of hydrogen-bond donors (Lipinski definition) is 2. The average molecular weight is 358 g/mol. The van der Waals surface area contributed by atoms with E-state index >= 15 is 0 Å². The summed E-state index contributed by atoms with van der Waals surface area (Å²) in [4.78, 5) is 27.8. The molecule has 1 aromatic carbocycles. The Balaban J connectivity index is 1.85. The summed E-state index contributed by atoms with van der Waals surface area (Å²) < 4.78 is 16.0. The summed E-state index contributed by atoms with van der Waals surface area (Å²) in [6.45, 7) is 6.20. The third-order valence-electron chi connectivity index (χ3n) is 4.40. The Kier molecular flexibility index (Phi) is 4.88. The Hall–Kier alpha value is -2.96. The lowest BCUT2D eigenvalue weighted by atomic mass is 10.0. The van der Waals surface area contributed by atoms with E-state index in [4.69, 9.17) is 14.2 Å². The predicted molar refractivity (Wildman–Crippen MR) is 96.5 cm³/mol. The van der Waals surface area contributed by atoms with Crippen molar-refractivity contribution in [1.82, 2.24) is 4.98 Å². The zero-order chi connectivity index (χ0) is 18.8. The van der Waals surface area contributed by atoms with Gasteiger partial charge in [-0.1, -0.05) is 6.07 Å². The monoisotopic (exact) mass is 358 g/mol. The van der Waals surface area contributed by atoms with E-state index in [0.717, 1.165) is 0 Å². The quantitative estimate of drug-likeness (QED) is 0.631. The SMILES string of the molecule is COC(=O)c1c(C)[nH]c(C(=O)[C@@H](C)Nc2cccc3c2OCCO3)c1C. The summed E-state index contributed by atoms with van der Waals surface area (Å²) in [7, 11) is 1.32. The lowest BCUT2D eigenvalue weighted by Gasteiger charge is -2.23. The maximum absolute atomic E-state index is 12.9. The summed E-state index contributed by atoms with van der Waals surface area (Å²) in [6.07, 6.45) is 0. The van der Waals surface area contributed by atoms with Gasteiger partial charge in [-0.15, -0.1) is 0 Å². The summed E-state index contributed by atoms with van der Waals surface area (Å²) in [6, 6.07) is 4.97. The number of Topliss-reactive ketones (excluding diaryl/α,β-unsaturated/α-hetero) is 1. The van der Waals surface area contributed by atoms with Gasteiger partial charge >= 0.3 is 5.97 Å². The Labute approximate surface area is 151 Å². The van der Waals surface area contributed by atoms with E-state index in [0.29, 0.717) is 52.9 Å². The molecule has 3 rings (SSSR count). The second-order valence-corrected chi connectivity index (χ2v) is 6.18. The summed E-state index contributed by atoms with van der Waals surface area (Å²) in [5, 5.41) is 3.18. The van der Waals surface area contributed by atoms with E-state index in [1.165, 1.54) is 7.11 Å². The number of aromatic amines is 1. The number of aryl methyl sites for hydroxylation is 1. The molecule has 2 N–H and O–H groups in total. The molecule has 26 heavy (non-hydrogen) atoms. The van der Waals surface area contributed by atoms with Gasteiger partial charge in [0, 0.05) is 5.69 Å². The molecule has 1 aliphatic rings. The van der Waals surface area contributed by atoms with Gasteiger partial charge < -0.3 is 24.5 Å². The summed E-state index contributed by atoms with van der Waals surface area (Å²) >= 11 is 0. The van der Waals surface area contributed by atoms with Crippen molar-refractivity contribution in [2.45, 2.75) is 26.8 Å². The highest BCUT2D eigenvalue weighted by Gasteiger charge is 2.26. The van der Waals surface area contributed by atoms with Gasteiger partial charge in [-0.3, -0.25) is 4.79 Å². The number of ether oxygens (including phenoxy) is 3. The number of methoxy groups -OCH3 is 1. The van der Waals surface area contributed by atoms with Crippen molar-refractivity contribution < 1.29 is 23.8 Å². The van der Waals surface area contributed by atoms with Crippen molar-refractivity contribution in [3.8, 4) is 11.5 Å². The second-order valence-electron chi connectivity index (χ2n) is 6.18. The minimum Gasteiger partial charge on any atom is -0.486 e. The first kappa shape index (κ1) is 17.8. The lowest BCUT2D eigenvalue weighted by Crippen LogP contribution is -2.28. The zero-order valence-corrected chi connectivity index (χ0v) is 15.3. The number of aromatic nitrogens is 1. The molecule has 1 aromatic heterocycles. The maximum Gasteiger partial charge on any atom is 0.339 e. The van der Waals surface area contributed by atoms with Crippen LogP contribution in [0.25, 0.3) is 0 Å². The molecule has 7 nitrogen and oxygen atoms in total. The van der Waals surface area contributed by atoms with Gasteiger partial charge in [0.05, 0.1) is 30.1 Å². The van der Waals surface area contributed by atoms with Gasteiger partial charge in [0.25, 0.3) is 0 Å². The van der Waals surface area contributed by atoms with Crippen LogP contribution in [-0.2, 0) is 4.74 Å². The molecular formula is C19H22N2O5. The number of esters is 1. The third-order valence-corrected chi connectivity index (χ3v) is 4.40. The average Bonchev–Trinajstić information content (AvgIpc) is 2.95. The van der Waals surface area contributed by atoms with Gasteiger partial charge in [0.15, 0.2) is 11.5 Å². The van der Waals surface area contributed by atoms with E-state index in [1.54, 1.807) is 20.8 Å². The Morgan fingerprint density at radius 2 is 1.96 bits per heavy atom. The fourth-order valence-corrected chi connectivity index (χ4v) is 3.11. The number of nitrogens with one attached hydrogen (secondary N) is 2. The fraction of sp³-hybridized carbons (Fsp3) is 0.368. The molecule has 0 radical (unpaired) electrons. The van der Waals surface area contributed by atoms with Crippen LogP contribution in [0, 0.1) is 13.8 Å². The molecule has 0 unspecified atom stereocenters. The molecule has 0 saturated carbocycles. The molecule has 1 aliphatic heterocycles. The highest BCUT2D eigenvalue weighted by Crippen LogP contribution is 2.37. The number of ketones is 1. The third kappa shape index (κ3) is 3.12. The Morgan fingerprint density at radius 3 is 2.69 bits per heavy atom. The van der Waals surface area contributed by atoms with Gasteiger partial charge in [0.1, 0.15) is 13.2 Å². The van der Waals surface area contributed by atoms with E-state index in [2.05, 4.69) is 10.3 Å². The molecule has 138 valence electrons. The van der Waals surface area contributed by atoms with Crippen molar-refractivity contribution in [3.63, 3.8) is 0 Å². The van der Waals surface area contributed by atoms with Crippen LogP contribution in [0.1, 0.15) is 39.0 Å². The number of benzene rings is 1. The van der Waals surface area contributed by atoms with Crippen LogP contribution in [-0.4, -0.2) is 43.1 Å². The first-order valence-corrected chi connectivity index (χ1v) is 8.40. The van der Waals surface area contributed by atoms with Crippen molar-refractivity contribution in [1.29, 1.82) is 0 Å². The van der Waals surface area contributed by atoms with Crippen molar-refractivity contribution in [2.75, 3.05) is 25.6 Å². The highest BCUT2D eigenvalue weighted by molar-refractivity contribution is 6.04. The predicted octanol–water partition coefficient (Wildman–Crippen LogP) is 2.87. The van der Waals surface area contributed by atoms with Crippen molar-refractivity contribution in [3.05, 3.63) is 40.7 Å². The standard InChI is InChI=1S/C19H22N2O5/c1-10-15(19(23)24-4)11(2)21-16(10)17(22)12(3)20-13-6-5-7-14-18(13)26-9-8-25-14/h5-7,12,20-21H,8-9H2,1-4H3/t12-/m1/s1. The van der Waals surface area contributed by atoms with Crippen LogP contribution in [0.2, 0.25) is 0 Å². The largest absolute Gasteiger partial charge is 0.486 e. The molecule has 0 saturated heterocycles. The molecule has 7 heteroatoms. The van der Waals surface area contributed by atoms with Gasteiger partial charge in [0.2, 0.25) is 5.78 Å². The number of rotatable bonds is 5. The molecule has 2 heterocycles. The number of anilines is 1. The number of para-hydroxylation sites is 1. The van der Waals surface area contributed by atoms with Gasteiger partial charge in [-0.05, 0) is 38.5 Å². The zero-order valence-electron chi connectivity index (χ0n) is 15.3. The Bertz CT molecular complexity index is 856. The van der Waals surface area contributed by atoms with Crippen molar-refractivity contribution >= 4 is 17.4 Å². The number of hydrogen-bond acceptors (Lipinski definition) is 6. The first-order valence-electron chi connectivity index (χ1n) is 8.40. The molecule has 0 amide bonds. The van der Waals surface area contributed by atoms with E-state index in [1.807, 2.05) is 18.2 Å². The summed E-state index contributed by atoms with van der Waals surface area (Å²) in [5.41, 5.74) is 2.68. The Morgan fingerprint density at radius 1 is 1.23 bits per heavy atom. The minimum atomic E-state index is -0.533. The number of H-pyrrole nitrogens is 1. The van der Waals surface area contributed by atoms with Gasteiger partial charge in [-0.25, -0.2) is 4.79 Å². The van der Waals surface area contributed by atoms with Crippen LogP contribution in [0.3, 0.4) is 0 Å². The molecule has 0 spiro atoms. The number of fused-ring (bicyclic) bond motifs is 1. The molecule has 0 aliphatic carbocycles. The molecule has 0 fully saturated rings. The van der Waals surface area contributed by atoms with Crippen molar-refractivity contribution in [2.24, 2.45) is 0 Å². The lowest BCUT2D eigenvalue weighted by molar-refractivity contribution is 0.0599. The van der Waals surface area contributed by atoms with Crippen LogP contribution < -0.4 is 14.8 Å². The minimum absolute atomic E-state index is 0.157. The fourth-order valence-electron chi connectivity index (χ4n) is 3.11. The normalized spacial score (nSPS) is 13.8. The number of carbonyl (C=O) groups is 2.